The van der Waals surface area contributed by atoms with E-state index in [9.17, 15) is 4.79 Å². The van der Waals surface area contributed by atoms with Gasteiger partial charge >= 0.3 is 0 Å². The van der Waals surface area contributed by atoms with Gasteiger partial charge < -0.3 is 15.4 Å². The van der Waals surface area contributed by atoms with Gasteiger partial charge in [0.2, 0.25) is 5.91 Å². The van der Waals surface area contributed by atoms with Gasteiger partial charge in [-0.3, -0.25) is 4.79 Å². The summed E-state index contributed by atoms with van der Waals surface area (Å²) in [5, 5.41) is 6.54. The third-order valence-electron chi connectivity index (χ3n) is 4.26. The Bertz CT molecular complexity index is 265. The molecule has 0 aliphatic carbocycles. The van der Waals surface area contributed by atoms with Crippen molar-refractivity contribution in [3.8, 4) is 0 Å². The lowest BCUT2D eigenvalue weighted by Crippen LogP contribution is -2.44. The molecule has 1 amide bonds. The molecule has 0 aromatic rings. The molecule has 0 aromatic carbocycles. The molecule has 4 nitrogen and oxygen atoms in total. The Kier molecular flexibility index (Phi) is 5.45. The first-order chi connectivity index (χ1) is 8.75. The van der Waals surface area contributed by atoms with Gasteiger partial charge in [0.15, 0.2) is 0 Å². The van der Waals surface area contributed by atoms with Crippen LogP contribution in [0.15, 0.2) is 0 Å². The molecule has 0 aromatic heterocycles. The van der Waals surface area contributed by atoms with Gasteiger partial charge in [-0.25, -0.2) is 0 Å². The average molecular weight is 254 g/mol. The standard InChI is InChI=1S/C14H26N2O2/c1-11-3-2-6-15-13(11)9-14(17)16-10-12-4-7-18-8-5-12/h11-13,15H,2-10H2,1H3,(H,16,17). The van der Waals surface area contributed by atoms with E-state index in [2.05, 4.69) is 17.6 Å². The van der Waals surface area contributed by atoms with Crippen LogP contribution in [-0.2, 0) is 9.53 Å². The second kappa shape index (κ2) is 7.10. The van der Waals surface area contributed by atoms with E-state index < -0.39 is 0 Å². The van der Waals surface area contributed by atoms with Crippen molar-refractivity contribution in [1.29, 1.82) is 0 Å². The minimum atomic E-state index is 0.202. The smallest absolute Gasteiger partial charge is 0.221 e. The zero-order chi connectivity index (χ0) is 12.8. The topological polar surface area (TPSA) is 50.4 Å². The molecule has 2 fully saturated rings. The van der Waals surface area contributed by atoms with E-state index in [0.29, 0.717) is 24.3 Å². The number of amides is 1. The highest BCUT2D eigenvalue weighted by Crippen LogP contribution is 2.18. The quantitative estimate of drug-likeness (QED) is 0.795. The molecule has 2 N–H and O–H groups in total. The molecule has 4 heteroatoms. The minimum absolute atomic E-state index is 0.202. The van der Waals surface area contributed by atoms with E-state index in [0.717, 1.165) is 39.1 Å². The molecule has 0 spiro atoms. The van der Waals surface area contributed by atoms with Crippen molar-refractivity contribution < 1.29 is 9.53 Å². The summed E-state index contributed by atoms with van der Waals surface area (Å²) in [4.78, 5) is 11.9. The molecule has 2 saturated heterocycles. The Morgan fingerprint density at radius 2 is 2.11 bits per heavy atom. The van der Waals surface area contributed by atoms with E-state index in [1.807, 2.05) is 0 Å². The van der Waals surface area contributed by atoms with Gasteiger partial charge in [0.1, 0.15) is 0 Å². The van der Waals surface area contributed by atoms with Gasteiger partial charge in [-0.15, -0.1) is 0 Å². The summed E-state index contributed by atoms with van der Waals surface area (Å²) in [6.45, 7) is 5.82. The van der Waals surface area contributed by atoms with Crippen LogP contribution in [0.3, 0.4) is 0 Å². The van der Waals surface area contributed by atoms with Gasteiger partial charge in [-0.05, 0) is 44.1 Å². The number of rotatable bonds is 4. The van der Waals surface area contributed by atoms with Gasteiger partial charge in [0.25, 0.3) is 0 Å². The lowest BCUT2D eigenvalue weighted by atomic mass is 9.90. The number of carbonyl (C=O) groups is 1. The van der Waals surface area contributed by atoms with Crippen LogP contribution in [0.25, 0.3) is 0 Å². The fraction of sp³-hybridized carbons (Fsp3) is 0.929. The van der Waals surface area contributed by atoms with Gasteiger partial charge in [0, 0.05) is 32.2 Å². The monoisotopic (exact) mass is 254 g/mol. The Hall–Kier alpha value is -0.610. The third-order valence-corrected chi connectivity index (χ3v) is 4.26. The molecule has 2 rings (SSSR count). The maximum atomic E-state index is 11.9. The number of carbonyl (C=O) groups excluding carboxylic acids is 1. The maximum Gasteiger partial charge on any atom is 0.221 e. The molecule has 2 unspecified atom stereocenters. The molecule has 2 aliphatic heterocycles. The average Bonchev–Trinajstić information content (AvgIpc) is 2.40. The summed E-state index contributed by atoms with van der Waals surface area (Å²) in [5.41, 5.74) is 0. The first-order valence-corrected chi connectivity index (χ1v) is 7.33. The number of ether oxygens (including phenoxy) is 1. The summed E-state index contributed by atoms with van der Waals surface area (Å²) in [6.07, 6.45) is 5.27. The molecule has 18 heavy (non-hydrogen) atoms. The fourth-order valence-electron chi connectivity index (χ4n) is 2.87. The van der Waals surface area contributed by atoms with Crippen LogP contribution in [0, 0.1) is 11.8 Å². The number of hydrogen-bond acceptors (Lipinski definition) is 3. The molecular formula is C14H26N2O2. The van der Waals surface area contributed by atoms with Crippen LogP contribution in [0.2, 0.25) is 0 Å². The van der Waals surface area contributed by atoms with Crippen molar-refractivity contribution in [2.75, 3.05) is 26.3 Å². The van der Waals surface area contributed by atoms with Gasteiger partial charge in [-0.2, -0.15) is 0 Å². The Morgan fingerprint density at radius 3 is 2.83 bits per heavy atom. The molecule has 0 bridgehead atoms. The zero-order valence-electron chi connectivity index (χ0n) is 11.4. The van der Waals surface area contributed by atoms with Crippen LogP contribution < -0.4 is 10.6 Å². The molecule has 2 heterocycles. The van der Waals surface area contributed by atoms with Crippen LogP contribution >= 0.6 is 0 Å². The Balaban J connectivity index is 1.64. The summed E-state index contributed by atoms with van der Waals surface area (Å²) >= 11 is 0. The lowest BCUT2D eigenvalue weighted by Gasteiger charge is -2.30. The van der Waals surface area contributed by atoms with E-state index in [4.69, 9.17) is 4.74 Å². The summed E-state index contributed by atoms with van der Waals surface area (Å²) in [7, 11) is 0. The number of nitrogens with one attached hydrogen (secondary N) is 2. The largest absolute Gasteiger partial charge is 0.381 e. The number of hydrogen-bond donors (Lipinski definition) is 2. The predicted molar refractivity (Wildman–Crippen MR) is 71.4 cm³/mol. The van der Waals surface area contributed by atoms with Crippen molar-refractivity contribution in [2.45, 2.75) is 45.1 Å². The highest BCUT2D eigenvalue weighted by Gasteiger charge is 2.23. The van der Waals surface area contributed by atoms with Crippen LogP contribution in [-0.4, -0.2) is 38.3 Å². The first-order valence-electron chi connectivity index (χ1n) is 7.33. The number of piperidine rings is 1. The maximum absolute atomic E-state index is 11.9. The molecular weight excluding hydrogens is 228 g/mol. The van der Waals surface area contributed by atoms with Crippen LogP contribution in [0.5, 0.6) is 0 Å². The van der Waals surface area contributed by atoms with Crippen molar-refractivity contribution in [3.05, 3.63) is 0 Å². The molecule has 2 aliphatic rings. The Labute approximate surface area is 110 Å². The van der Waals surface area contributed by atoms with Gasteiger partial charge in [0.05, 0.1) is 0 Å². The second-order valence-electron chi connectivity index (χ2n) is 5.74. The lowest BCUT2D eigenvalue weighted by molar-refractivity contribution is -0.122. The van der Waals surface area contributed by atoms with Crippen LogP contribution in [0.1, 0.15) is 39.0 Å². The van der Waals surface area contributed by atoms with E-state index in [1.165, 1.54) is 12.8 Å². The van der Waals surface area contributed by atoms with Crippen molar-refractivity contribution >= 4 is 5.91 Å². The summed E-state index contributed by atoms with van der Waals surface area (Å²) < 4.78 is 5.32. The highest BCUT2D eigenvalue weighted by atomic mass is 16.5. The van der Waals surface area contributed by atoms with E-state index in [-0.39, 0.29) is 5.91 Å². The van der Waals surface area contributed by atoms with Gasteiger partial charge in [-0.1, -0.05) is 6.92 Å². The molecule has 2 atom stereocenters. The Morgan fingerprint density at radius 1 is 1.33 bits per heavy atom. The predicted octanol–water partition coefficient (Wildman–Crippen LogP) is 1.31. The van der Waals surface area contributed by atoms with E-state index >= 15 is 0 Å². The fourth-order valence-corrected chi connectivity index (χ4v) is 2.87. The summed E-state index contributed by atoms with van der Waals surface area (Å²) in [5.74, 6) is 1.43. The highest BCUT2D eigenvalue weighted by molar-refractivity contribution is 5.76. The molecule has 104 valence electrons. The van der Waals surface area contributed by atoms with Crippen LogP contribution in [0.4, 0.5) is 0 Å². The SMILES string of the molecule is CC1CCCNC1CC(=O)NCC1CCOCC1. The molecule has 0 radical (unpaired) electrons. The van der Waals surface area contributed by atoms with Crippen molar-refractivity contribution in [1.82, 2.24) is 10.6 Å². The normalized spacial score (nSPS) is 30.1. The zero-order valence-corrected chi connectivity index (χ0v) is 11.4. The van der Waals surface area contributed by atoms with Crippen molar-refractivity contribution in [3.63, 3.8) is 0 Å². The second-order valence-corrected chi connectivity index (χ2v) is 5.74. The summed E-state index contributed by atoms with van der Waals surface area (Å²) in [6, 6.07) is 0.369. The molecule has 0 saturated carbocycles. The first kappa shape index (κ1) is 13.8. The van der Waals surface area contributed by atoms with E-state index in [1.54, 1.807) is 0 Å². The van der Waals surface area contributed by atoms with Crippen molar-refractivity contribution in [2.24, 2.45) is 11.8 Å². The minimum Gasteiger partial charge on any atom is -0.381 e. The third kappa shape index (κ3) is 4.25.